The SMILES string of the molecule is CC(C)(C)OC(=O)N(Cc1ccccc1)CC(c1ccc(O)c(Cl)c1)c1ccc(O)c(Cl)c1. The number of hydrogen-bond donors (Lipinski definition) is 2. The van der Waals surface area contributed by atoms with E-state index in [1.54, 1.807) is 29.2 Å². The van der Waals surface area contributed by atoms with Crippen molar-refractivity contribution in [2.24, 2.45) is 0 Å². The van der Waals surface area contributed by atoms with E-state index in [4.69, 9.17) is 27.9 Å². The van der Waals surface area contributed by atoms with Gasteiger partial charge in [0.1, 0.15) is 17.1 Å². The highest BCUT2D eigenvalue weighted by Gasteiger charge is 2.27. The number of ether oxygens (including phenoxy) is 1. The molecule has 0 aromatic heterocycles. The molecule has 0 bridgehead atoms. The fourth-order valence-corrected chi connectivity index (χ4v) is 3.82. The number of hydrogen-bond acceptors (Lipinski definition) is 4. The smallest absolute Gasteiger partial charge is 0.410 e. The van der Waals surface area contributed by atoms with Gasteiger partial charge in [0.05, 0.1) is 10.0 Å². The monoisotopic (exact) mass is 487 g/mol. The first kappa shape index (κ1) is 24.7. The lowest BCUT2D eigenvalue weighted by Crippen LogP contribution is -2.39. The molecule has 0 heterocycles. The van der Waals surface area contributed by atoms with Gasteiger partial charge >= 0.3 is 6.09 Å². The molecular formula is C26H27Cl2NO4. The largest absolute Gasteiger partial charge is 0.506 e. The van der Waals surface area contributed by atoms with Gasteiger partial charge in [-0.15, -0.1) is 0 Å². The molecule has 0 radical (unpaired) electrons. The Hall–Kier alpha value is -2.89. The summed E-state index contributed by atoms with van der Waals surface area (Å²) >= 11 is 12.4. The molecular weight excluding hydrogens is 461 g/mol. The number of halogens is 2. The minimum atomic E-state index is -0.662. The second kappa shape index (κ2) is 10.4. The van der Waals surface area contributed by atoms with E-state index >= 15 is 0 Å². The summed E-state index contributed by atoms with van der Waals surface area (Å²) in [5.41, 5.74) is 1.85. The average molecular weight is 488 g/mol. The Morgan fingerprint density at radius 3 is 1.88 bits per heavy atom. The molecule has 3 aromatic carbocycles. The Morgan fingerprint density at radius 1 is 0.909 bits per heavy atom. The number of nitrogens with zero attached hydrogens (tertiary/aromatic N) is 1. The van der Waals surface area contributed by atoms with Gasteiger partial charge in [-0.05, 0) is 61.7 Å². The van der Waals surface area contributed by atoms with Crippen LogP contribution in [0.1, 0.15) is 43.4 Å². The third kappa shape index (κ3) is 6.80. The predicted molar refractivity (Wildman–Crippen MR) is 131 cm³/mol. The van der Waals surface area contributed by atoms with E-state index in [-0.39, 0.29) is 34.0 Å². The van der Waals surface area contributed by atoms with Crippen LogP contribution in [0.5, 0.6) is 11.5 Å². The minimum Gasteiger partial charge on any atom is -0.506 e. The van der Waals surface area contributed by atoms with Crippen LogP contribution >= 0.6 is 23.2 Å². The summed E-state index contributed by atoms with van der Waals surface area (Å²) in [6.07, 6.45) is -0.453. The number of phenols is 2. The van der Waals surface area contributed by atoms with Crippen LogP contribution in [0.25, 0.3) is 0 Å². The van der Waals surface area contributed by atoms with Crippen LogP contribution in [0, 0.1) is 0 Å². The van der Waals surface area contributed by atoms with E-state index in [0.717, 1.165) is 16.7 Å². The number of phenolic OH excluding ortho intramolecular Hbond substituents is 2. The predicted octanol–water partition coefficient (Wildman–Crippen LogP) is 6.97. The maximum absolute atomic E-state index is 13.2. The van der Waals surface area contributed by atoms with Crippen molar-refractivity contribution in [2.75, 3.05) is 6.54 Å². The highest BCUT2D eigenvalue weighted by atomic mass is 35.5. The maximum Gasteiger partial charge on any atom is 0.410 e. The van der Waals surface area contributed by atoms with Gasteiger partial charge in [-0.3, -0.25) is 0 Å². The molecule has 7 heteroatoms. The highest BCUT2D eigenvalue weighted by Crippen LogP contribution is 2.35. The zero-order valence-corrected chi connectivity index (χ0v) is 20.3. The molecule has 2 N–H and O–H groups in total. The van der Waals surface area contributed by atoms with Crippen LogP contribution in [0.2, 0.25) is 10.0 Å². The van der Waals surface area contributed by atoms with Crippen molar-refractivity contribution < 1.29 is 19.7 Å². The van der Waals surface area contributed by atoms with Crippen LogP contribution in [0.3, 0.4) is 0 Å². The Morgan fingerprint density at radius 2 is 1.42 bits per heavy atom. The van der Waals surface area contributed by atoms with Gasteiger partial charge in [0.2, 0.25) is 0 Å². The molecule has 33 heavy (non-hydrogen) atoms. The van der Waals surface area contributed by atoms with Gasteiger partial charge in [-0.1, -0.05) is 65.7 Å². The lowest BCUT2D eigenvalue weighted by Gasteiger charge is -2.31. The molecule has 0 unspecified atom stereocenters. The maximum atomic E-state index is 13.2. The van der Waals surface area contributed by atoms with E-state index in [1.165, 1.54) is 12.1 Å². The average Bonchev–Trinajstić information content (AvgIpc) is 2.75. The van der Waals surface area contributed by atoms with Crippen molar-refractivity contribution in [1.82, 2.24) is 4.90 Å². The molecule has 1 amide bonds. The highest BCUT2D eigenvalue weighted by molar-refractivity contribution is 6.32. The van der Waals surface area contributed by atoms with Crippen molar-refractivity contribution in [3.8, 4) is 11.5 Å². The molecule has 0 aliphatic carbocycles. The molecule has 3 aromatic rings. The topological polar surface area (TPSA) is 70.0 Å². The Balaban J connectivity index is 2.03. The van der Waals surface area contributed by atoms with Gasteiger partial charge in [-0.2, -0.15) is 0 Å². The van der Waals surface area contributed by atoms with Gasteiger partial charge in [-0.25, -0.2) is 4.79 Å². The van der Waals surface area contributed by atoms with Crippen LogP contribution in [-0.4, -0.2) is 33.4 Å². The van der Waals surface area contributed by atoms with Crippen molar-refractivity contribution in [3.05, 3.63) is 93.5 Å². The first-order valence-corrected chi connectivity index (χ1v) is 11.3. The van der Waals surface area contributed by atoms with Crippen molar-refractivity contribution in [3.63, 3.8) is 0 Å². The van der Waals surface area contributed by atoms with E-state index in [9.17, 15) is 15.0 Å². The van der Waals surface area contributed by atoms with Gasteiger partial charge < -0.3 is 19.8 Å². The minimum absolute atomic E-state index is 0.0313. The number of carbonyl (C=O) groups is 1. The third-order valence-electron chi connectivity index (χ3n) is 5.02. The van der Waals surface area contributed by atoms with E-state index in [2.05, 4.69) is 0 Å². The zero-order chi connectivity index (χ0) is 24.2. The second-order valence-corrected chi connectivity index (χ2v) is 9.64. The third-order valence-corrected chi connectivity index (χ3v) is 5.62. The molecule has 0 saturated heterocycles. The van der Waals surface area contributed by atoms with Crippen LogP contribution in [0.15, 0.2) is 66.7 Å². The number of rotatable bonds is 6. The fourth-order valence-electron chi connectivity index (χ4n) is 3.44. The van der Waals surface area contributed by atoms with Crippen molar-refractivity contribution in [2.45, 2.75) is 38.8 Å². The number of carbonyl (C=O) groups excluding carboxylic acids is 1. The zero-order valence-electron chi connectivity index (χ0n) is 18.8. The Labute approximate surface area is 204 Å². The number of aromatic hydroxyl groups is 2. The molecule has 0 spiro atoms. The lowest BCUT2D eigenvalue weighted by molar-refractivity contribution is 0.0227. The summed E-state index contributed by atoms with van der Waals surface area (Å²) in [5.74, 6) is -0.412. The van der Waals surface area contributed by atoms with E-state index in [0.29, 0.717) is 6.54 Å². The molecule has 0 aliphatic rings. The molecule has 3 rings (SSSR count). The number of benzene rings is 3. The van der Waals surface area contributed by atoms with Gasteiger partial charge in [0.25, 0.3) is 0 Å². The quantitative estimate of drug-likeness (QED) is 0.393. The van der Waals surface area contributed by atoms with Crippen molar-refractivity contribution >= 4 is 29.3 Å². The van der Waals surface area contributed by atoms with E-state index < -0.39 is 11.7 Å². The molecule has 0 aliphatic heterocycles. The van der Waals surface area contributed by atoms with Crippen LogP contribution < -0.4 is 0 Å². The van der Waals surface area contributed by atoms with Crippen LogP contribution in [0.4, 0.5) is 4.79 Å². The number of amides is 1. The summed E-state index contributed by atoms with van der Waals surface area (Å²) in [5, 5.41) is 20.2. The first-order valence-electron chi connectivity index (χ1n) is 10.5. The molecule has 174 valence electrons. The normalized spacial score (nSPS) is 11.5. The fraction of sp³-hybridized carbons (Fsp3) is 0.269. The standard InChI is InChI=1S/C26H27Cl2NO4/c1-26(2,3)33-25(32)29(15-17-7-5-4-6-8-17)16-20(18-9-11-23(30)21(27)13-18)19-10-12-24(31)22(28)14-19/h4-14,20,30-31H,15-16H2,1-3H3. The molecule has 5 nitrogen and oxygen atoms in total. The van der Waals surface area contributed by atoms with Gasteiger partial charge in [0, 0.05) is 19.0 Å². The molecule has 0 atom stereocenters. The summed E-state index contributed by atoms with van der Waals surface area (Å²) in [4.78, 5) is 14.8. The summed E-state index contributed by atoms with van der Waals surface area (Å²) in [6.45, 7) is 6.06. The molecule has 0 saturated carbocycles. The van der Waals surface area contributed by atoms with E-state index in [1.807, 2.05) is 51.1 Å². The summed E-state index contributed by atoms with van der Waals surface area (Å²) < 4.78 is 5.69. The lowest BCUT2D eigenvalue weighted by atomic mass is 9.90. The summed E-state index contributed by atoms with van der Waals surface area (Å²) in [7, 11) is 0. The Kier molecular flexibility index (Phi) is 7.77. The summed E-state index contributed by atoms with van der Waals surface area (Å²) in [6, 6.07) is 19.5. The van der Waals surface area contributed by atoms with Gasteiger partial charge in [0.15, 0.2) is 0 Å². The van der Waals surface area contributed by atoms with Crippen molar-refractivity contribution in [1.29, 1.82) is 0 Å². The van der Waals surface area contributed by atoms with Crippen LogP contribution in [-0.2, 0) is 11.3 Å². The Bertz CT molecular complexity index is 1060. The second-order valence-electron chi connectivity index (χ2n) is 8.82. The first-order chi connectivity index (χ1) is 15.5. The molecule has 0 fully saturated rings.